The number of hydrogen-bond donors (Lipinski definition) is 4. The molecule has 2 aliphatic carbocycles. The van der Waals surface area contributed by atoms with Gasteiger partial charge in [0.15, 0.2) is 22.1 Å². The molecule has 0 bridgehead atoms. The first-order valence-electron chi connectivity index (χ1n) is 13.8. The molecule has 0 saturated heterocycles. The normalized spacial score (nSPS) is 25.9. The van der Waals surface area contributed by atoms with E-state index in [0.29, 0.717) is 28.7 Å². The summed E-state index contributed by atoms with van der Waals surface area (Å²) in [7, 11) is -0.176. The summed E-state index contributed by atoms with van der Waals surface area (Å²) in [6.45, 7) is 4.30. The SMILES string of the molecule is CCCSc1nc(N(C)C2CC2c2ccc(S(=O)(=O)NC)cc2)c2nnn([C@H]3C[C@@H](C(=O)NCC)[C@H](O)[C@@H]3O)c2n1. The number of hydrogen-bond acceptors (Lipinski definition) is 11. The van der Waals surface area contributed by atoms with Gasteiger partial charge in [-0.1, -0.05) is 36.0 Å². The van der Waals surface area contributed by atoms with E-state index in [0.717, 1.165) is 24.2 Å². The zero-order chi connectivity index (χ0) is 29.5. The van der Waals surface area contributed by atoms with E-state index in [2.05, 4.69) is 32.2 Å². The van der Waals surface area contributed by atoms with E-state index in [1.807, 2.05) is 19.2 Å². The molecule has 0 spiro atoms. The molecule has 3 aromatic rings. The third-order valence-electron chi connectivity index (χ3n) is 7.85. The Kier molecular flexibility index (Phi) is 8.53. The number of carbonyl (C=O) groups excluding carboxylic acids is 1. The highest BCUT2D eigenvalue weighted by Gasteiger charge is 2.47. The topological polar surface area (TPSA) is 175 Å². The van der Waals surface area contributed by atoms with Crippen molar-refractivity contribution in [1.82, 2.24) is 35.0 Å². The average Bonchev–Trinajstić information content (AvgIpc) is 3.58. The standard InChI is InChI=1S/C26H36N8O5S2/c1-5-11-40-26-29-23(33(4)18-12-16(18)14-7-9-15(10-8-14)41(38,39)27-3)20-24(30-26)34(32-31-20)19-13-17(21(35)22(19)36)25(37)28-6-2/h7-10,16-19,21-22,27,35-36H,5-6,11-13H2,1-4H3,(H,28,37)/t16?,17-,18?,19+,21+,22-/m1/s1. The number of aliphatic hydroxyl groups is 2. The minimum absolute atomic E-state index is 0.107. The van der Waals surface area contributed by atoms with Crippen LogP contribution in [0.25, 0.3) is 11.2 Å². The van der Waals surface area contributed by atoms with E-state index < -0.39 is 34.2 Å². The van der Waals surface area contributed by atoms with E-state index in [9.17, 15) is 23.4 Å². The third kappa shape index (κ3) is 5.65. The summed E-state index contributed by atoms with van der Waals surface area (Å²) >= 11 is 1.51. The number of sulfonamides is 1. The Balaban J connectivity index is 1.45. The fourth-order valence-electron chi connectivity index (χ4n) is 5.48. The zero-order valence-corrected chi connectivity index (χ0v) is 25.1. The second kappa shape index (κ2) is 11.8. The van der Waals surface area contributed by atoms with Crippen LogP contribution in [0.2, 0.25) is 0 Å². The van der Waals surface area contributed by atoms with Crippen molar-refractivity contribution >= 4 is 44.7 Å². The summed E-state index contributed by atoms with van der Waals surface area (Å²) in [6.07, 6.45) is -0.458. The smallest absolute Gasteiger partial charge is 0.240 e. The lowest BCUT2D eigenvalue weighted by atomic mass is 10.0. The number of nitrogens with zero attached hydrogens (tertiary/aromatic N) is 6. The van der Waals surface area contributed by atoms with Crippen LogP contribution in [-0.4, -0.2) is 94.1 Å². The highest BCUT2D eigenvalue weighted by atomic mass is 32.2. The quantitative estimate of drug-likeness (QED) is 0.182. The number of likely N-dealkylation sites (N-methyl/N-ethyl adjacent to an activating group) is 1. The second-order valence-electron chi connectivity index (χ2n) is 10.5. The molecular formula is C26H36N8O5S2. The molecule has 2 unspecified atom stereocenters. The van der Waals surface area contributed by atoms with Gasteiger partial charge in [0.2, 0.25) is 15.9 Å². The van der Waals surface area contributed by atoms with Gasteiger partial charge in [0.05, 0.1) is 23.0 Å². The molecule has 5 rings (SSSR count). The Hall–Kier alpha value is -2.85. The van der Waals surface area contributed by atoms with Crippen LogP contribution in [-0.2, 0) is 14.8 Å². The molecule has 41 heavy (non-hydrogen) atoms. The number of aliphatic hydroxyl groups excluding tert-OH is 2. The van der Waals surface area contributed by atoms with Gasteiger partial charge in [0.1, 0.15) is 6.10 Å². The van der Waals surface area contributed by atoms with Crippen molar-refractivity contribution in [2.75, 3.05) is 31.3 Å². The van der Waals surface area contributed by atoms with Crippen molar-refractivity contribution in [1.29, 1.82) is 0 Å². The molecule has 13 nitrogen and oxygen atoms in total. The summed E-state index contributed by atoms with van der Waals surface area (Å²) in [5.41, 5.74) is 1.94. The lowest BCUT2D eigenvalue weighted by Gasteiger charge is -2.20. The van der Waals surface area contributed by atoms with Crippen molar-refractivity contribution in [3.63, 3.8) is 0 Å². The maximum Gasteiger partial charge on any atom is 0.240 e. The Morgan fingerprint density at radius 2 is 1.88 bits per heavy atom. The minimum Gasteiger partial charge on any atom is -0.390 e. The Labute approximate surface area is 243 Å². The van der Waals surface area contributed by atoms with Gasteiger partial charge in [-0.25, -0.2) is 27.8 Å². The fourth-order valence-corrected chi connectivity index (χ4v) is 6.90. The lowest BCUT2D eigenvalue weighted by Crippen LogP contribution is -2.38. The van der Waals surface area contributed by atoms with Gasteiger partial charge in [0, 0.05) is 31.3 Å². The van der Waals surface area contributed by atoms with Crippen molar-refractivity contribution < 1.29 is 23.4 Å². The van der Waals surface area contributed by atoms with E-state index in [4.69, 9.17) is 9.97 Å². The zero-order valence-electron chi connectivity index (χ0n) is 23.4. The fraction of sp³-hybridized carbons (Fsp3) is 0.577. The van der Waals surface area contributed by atoms with Crippen molar-refractivity contribution in [3.05, 3.63) is 29.8 Å². The molecule has 0 radical (unpaired) electrons. The molecule has 1 amide bonds. The van der Waals surface area contributed by atoms with Gasteiger partial charge >= 0.3 is 0 Å². The Morgan fingerprint density at radius 3 is 2.54 bits per heavy atom. The van der Waals surface area contributed by atoms with Gasteiger partial charge in [-0.2, -0.15) is 0 Å². The molecule has 222 valence electrons. The molecule has 4 N–H and O–H groups in total. The van der Waals surface area contributed by atoms with Crippen LogP contribution in [0.3, 0.4) is 0 Å². The first-order chi connectivity index (χ1) is 19.6. The van der Waals surface area contributed by atoms with Crippen LogP contribution in [0, 0.1) is 5.92 Å². The van der Waals surface area contributed by atoms with Crippen LogP contribution in [0.1, 0.15) is 50.6 Å². The van der Waals surface area contributed by atoms with Crippen molar-refractivity contribution in [2.24, 2.45) is 5.92 Å². The van der Waals surface area contributed by atoms with E-state index >= 15 is 0 Å². The number of thioether (sulfide) groups is 1. The van der Waals surface area contributed by atoms with Gasteiger partial charge in [-0.15, -0.1) is 5.10 Å². The summed E-state index contributed by atoms with van der Waals surface area (Å²) in [5.74, 6) is 0.525. The highest BCUT2D eigenvalue weighted by Crippen LogP contribution is 2.46. The predicted octanol–water partition coefficient (Wildman–Crippen LogP) is 1.04. The number of rotatable bonds is 11. The first kappa shape index (κ1) is 29.6. The summed E-state index contributed by atoms with van der Waals surface area (Å²) in [6, 6.07) is 6.33. The summed E-state index contributed by atoms with van der Waals surface area (Å²) in [4.78, 5) is 24.3. The highest BCUT2D eigenvalue weighted by molar-refractivity contribution is 7.99. The molecular weight excluding hydrogens is 568 g/mol. The summed E-state index contributed by atoms with van der Waals surface area (Å²) < 4.78 is 28.1. The molecule has 2 saturated carbocycles. The monoisotopic (exact) mass is 604 g/mol. The maximum absolute atomic E-state index is 12.5. The molecule has 2 aliphatic rings. The van der Waals surface area contributed by atoms with E-state index in [1.54, 1.807) is 19.1 Å². The first-order valence-corrected chi connectivity index (χ1v) is 16.2. The minimum atomic E-state index is -3.51. The van der Waals surface area contributed by atoms with Gasteiger partial charge in [0.25, 0.3) is 0 Å². The average molecular weight is 605 g/mol. The Morgan fingerprint density at radius 1 is 1.15 bits per heavy atom. The number of benzene rings is 1. The van der Waals surface area contributed by atoms with Gasteiger partial charge < -0.3 is 20.4 Å². The van der Waals surface area contributed by atoms with Crippen molar-refractivity contribution in [2.45, 2.75) is 73.4 Å². The molecule has 0 aliphatic heterocycles. The lowest BCUT2D eigenvalue weighted by molar-refractivity contribution is -0.128. The van der Waals surface area contributed by atoms with Crippen LogP contribution in [0.5, 0.6) is 0 Å². The van der Waals surface area contributed by atoms with Gasteiger partial charge in [-0.05, 0) is 50.9 Å². The predicted molar refractivity (Wildman–Crippen MR) is 154 cm³/mol. The van der Waals surface area contributed by atoms with Crippen LogP contribution in [0.15, 0.2) is 34.3 Å². The molecule has 2 fully saturated rings. The molecule has 2 aromatic heterocycles. The molecule has 15 heteroatoms. The molecule has 1 aromatic carbocycles. The maximum atomic E-state index is 12.5. The number of fused-ring (bicyclic) bond motifs is 1. The van der Waals surface area contributed by atoms with Crippen LogP contribution < -0.4 is 14.9 Å². The number of carbonyl (C=O) groups is 1. The van der Waals surface area contributed by atoms with Crippen LogP contribution in [0.4, 0.5) is 5.82 Å². The molecule has 2 heterocycles. The number of anilines is 1. The second-order valence-corrected chi connectivity index (χ2v) is 13.4. The number of amides is 1. The number of aromatic nitrogens is 5. The van der Waals surface area contributed by atoms with Crippen LogP contribution >= 0.6 is 11.8 Å². The van der Waals surface area contributed by atoms with Crippen molar-refractivity contribution in [3.8, 4) is 0 Å². The Bertz CT molecular complexity index is 1520. The largest absolute Gasteiger partial charge is 0.390 e. The van der Waals surface area contributed by atoms with E-state index in [1.165, 1.54) is 23.5 Å². The number of nitrogens with one attached hydrogen (secondary N) is 2. The molecule has 6 atom stereocenters. The van der Waals surface area contributed by atoms with E-state index in [-0.39, 0.29) is 29.2 Å². The summed E-state index contributed by atoms with van der Waals surface area (Å²) in [5, 5.41) is 33.5. The third-order valence-corrected chi connectivity index (χ3v) is 10.3. The van der Waals surface area contributed by atoms with Gasteiger partial charge in [-0.3, -0.25) is 4.79 Å².